The maximum atomic E-state index is 11.9. The summed E-state index contributed by atoms with van der Waals surface area (Å²) in [7, 11) is -1.37. The Bertz CT molecular complexity index is 511. The summed E-state index contributed by atoms with van der Waals surface area (Å²) in [6.07, 6.45) is 2.49. The first kappa shape index (κ1) is 13.5. The van der Waals surface area contributed by atoms with Crippen LogP contribution in [0.25, 0.3) is 0 Å². The quantitative estimate of drug-likeness (QED) is 0.643. The normalized spacial score (nSPS) is 17.4. The molecule has 0 radical (unpaired) electrons. The number of methoxy groups -OCH3 is 1. The molecule has 0 amide bonds. The molecule has 0 fully saturated rings. The highest BCUT2D eigenvalue weighted by molar-refractivity contribution is 7.91. The number of rotatable bonds is 5. The van der Waals surface area contributed by atoms with Gasteiger partial charge in [-0.2, -0.15) is 0 Å². The highest BCUT2D eigenvalue weighted by atomic mass is 32.2. The van der Waals surface area contributed by atoms with Gasteiger partial charge in [0.25, 0.3) is 0 Å². The second-order valence-electron chi connectivity index (χ2n) is 4.55. The smallest absolute Gasteiger partial charge is 0.178 e. The van der Waals surface area contributed by atoms with Crippen LogP contribution in [0, 0.1) is 0 Å². The highest BCUT2D eigenvalue weighted by Crippen LogP contribution is 2.25. The Labute approximate surface area is 108 Å². The Hall–Kier alpha value is -0.910. The summed E-state index contributed by atoms with van der Waals surface area (Å²) in [5.74, 6) is 0.286. The van der Waals surface area contributed by atoms with Gasteiger partial charge in [-0.25, -0.2) is 8.42 Å². The average molecular weight is 269 g/mol. The van der Waals surface area contributed by atoms with Gasteiger partial charge in [0.2, 0.25) is 0 Å². The van der Waals surface area contributed by atoms with Gasteiger partial charge in [0.05, 0.1) is 17.4 Å². The molecular formula is C13H19NO3S. The maximum Gasteiger partial charge on any atom is 0.178 e. The third-order valence-corrected chi connectivity index (χ3v) is 5.05. The van der Waals surface area contributed by atoms with Crippen LogP contribution in [-0.2, 0) is 27.4 Å². The Morgan fingerprint density at radius 2 is 2.22 bits per heavy atom. The predicted octanol–water partition coefficient (Wildman–Crippen LogP) is 1.14. The third kappa shape index (κ3) is 3.10. The standard InChI is InChI=1S/C13H19NO3S/c1-17-10-14-7-6-11-4-5-13-12(9-11)3-2-8-18(13,15)16/h4-5,9,14H,2-3,6-8,10H2,1H3. The topological polar surface area (TPSA) is 55.4 Å². The molecule has 1 N–H and O–H groups in total. The summed E-state index contributed by atoms with van der Waals surface area (Å²) in [6.45, 7) is 1.37. The van der Waals surface area contributed by atoms with Crippen LogP contribution in [0.2, 0.25) is 0 Å². The molecule has 0 aromatic heterocycles. The Balaban J connectivity index is 2.08. The molecule has 1 aromatic rings. The molecule has 5 heteroatoms. The summed E-state index contributed by atoms with van der Waals surface area (Å²) in [4.78, 5) is 0.530. The fourth-order valence-corrected chi connectivity index (χ4v) is 3.84. The zero-order chi connectivity index (χ0) is 13.0. The fourth-order valence-electron chi connectivity index (χ4n) is 2.26. The van der Waals surface area contributed by atoms with Crippen molar-refractivity contribution in [2.75, 3.05) is 26.1 Å². The van der Waals surface area contributed by atoms with Crippen LogP contribution in [0.3, 0.4) is 0 Å². The highest BCUT2D eigenvalue weighted by Gasteiger charge is 2.23. The van der Waals surface area contributed by atoms with Crippen LogP contribution >= 0.6 is 0 Å². The predicted molar refractivity (Wildman–Crippen MR) is 70.4 cm³/mol. The van der Waals surface area contributed by atoms with Crippen LogP contribution in [0.4, 0.5) is 0 Å². The summed E-state index contributed by atoms with van der Waals surface area (Å²) in [5, 5.41) is 3.14. The minimum Gasteiger partial charge on any atom is -0.370 e. The van der Waals surface area contributed by atoms with E-state index in [4.69, 9.17) is 4.74 Å². The molecule has 0 unspecified atom stereocenters. The summed E-state index contributed by atoms with van der Waals surface area (Å²) >= 11 is 0. The molecule has 0 bridgehead atoms. The summed E-state index contributed by atoms with van der Waals surface area (Å²) < 4.78 is 28.6. The van der Waals surface area contributed by atoms with E-state index < -0.39 is 9.84 Å². The van der Waals surface area contributed by atoms with E-state index in [2.05, 4.69) is 5.32 Å². The maximum absolute atomic E-state index is 11.9. The van der Waals surface area contributed by atoms with Gasteiger partial charge in [0.15, 0.2) is 9.84 Å². The van der Waals surface area contributed by atoms with Gasteiger partial charge >= 0.3 is 0 Å². The van der Waals surface area contributed by atoms with E-state index in [1.807, 2.05) is 12.1 Å². The Kier molecular flexibility index (Phi) is 4.37. The minimum absolute atomic E-state index is 0.286. The average Bonchev–Trinajstić information content (AvgIpc) is 2.34. The van der Waals surface area contributed by atoms with E-state index in [1.54, 1.807) is 13.2 Å². The van der Waals surface area contributed by atoms with E-state index in [-0.39, 0.29) is 5.75 Å². The van der Waals surface area contributed by atoms with Crippen molar-refractivity contribution in [2.24, 2.45) is 0 Å². The zero-order valence-corrected chi connectivity index (χ0v) is 11.4. The van der Waals surface area contributed by atoms with Crippen molar-refractivity contribution in [2.45, 2.75) is 24.2 Å². The molecule has 4 nitrogen and oxygen atoms in total. The van der Waals surface area contributed by atoms with Gasteiger partial charge in [0.1, 0.15) is 0 Å². The van der Waals surface area contributed by atoms with E-state index in [9.17, 15) is 8.42 Å². The molecule has 0 aliphatic carbocycles. The second kappa shape index (κ2) is 5.82. The number of hydrogen-bond acceptors (Lipinski definition) is 4. The number of fused-ring (bicyclic) bond motifs is 1. The zero-order valence-electron chi connectivity index (χ0n) is 10.6. The molecule has 100 valence electrons. The van der Waals surface area contributed by atoms with Gasteiger partial charge in [-0.05, 0) is 36.5 Å². The van der Waals surface area contributed by atoms with Crippen molar-refractivity contribution >= 4 is 9.84 Å². The molecule has 1 aliphatic rings. The number of aryl methyl sites for hydroxylation is 1. The summed E-state index contributed by atoms with van der Waals surface area (Å²) in [5.41, 5.74) is 2.15. The first-order chi connectivity index (χ1) is 8.63. The van der Waals surface area contributed by atoms with Crippen molar-refractivity contribution in [3.05, 3.63) is 29.3 Å². The number of benzene rings is 1. The monoisotopic (exact) mass is 269 g/mol. The Morgan fingerprint density at radius 1 is 1.39 bits per heavy atom. The van der Waals surface area contributed by atoms with Crippen LogP contribution < -0.4 is 5.32 Å². The van der Waals surface area contributed by atoms with Gasteiger partial charge in [0, 0.05) is 13.7 Å². The first-order valence-electron chi connectivity index (χ1n) is 6.18. The largest absolute Gasteiger partial charge is 0.370 e. The van der Waals surface area contributed by atoms with E-state index >= 15 is 0 Å². The number of hydrogen-bond donors (Lipinski definition) is 1. The Morgan fingerprint density at radius 3 is 3.00 bits per heavy atom. The molecule has 1 heterocycles. The van der Waals surface area contributed by atoms with Crippen molar-refractivity contribution in [1.29, 1.82) is 0 Å². The lowest BCUT2D eigenvalue weighted by Gasteiger charge is -2.17. The number of sulfone groups is 1. The molecule has 0 saturated heterocycles. The van der Waals surface area contributed by atoms with Crippen molar-refractivity contribution in [1.82, 2.24) is 5.32 Å². The van der Waals surface area contributed by atoms with Gasteiger partial charge < -0.3 is 4.74 Å². The molecule has 18 heavy (non-hydrogen) atoms. The van der Waals surface area contributed by atoms with Crippen LogP contribution in [-0.4, -0.2) is 34.6 Å². The van der Waals surface area contributed by atoms with E-state index in [0.29, 0.717) is 11.6 Å². The third-order valence-electron chi connectivity index (χ3n) is 3.16. The van der Waals surface area contributed by atoms with Crippen LogP contribution in [0.5, 0.6) is 0 Å². The van der Waals surface area contributed by atoms with Gasteiger partial charge in [-0.1, -0.05) is 12.1 Å². The molecule has 1 aromatic carbocycles. The molecule has 0 spiro atoms. The lowest BCUT2D eigenvalue weighted by Crippen LogP contribution is -2.20. The molecule has 1 aliphatic heterocycles. The van der Waals surface area contributed by atoms with Gasteiger partial charge in [-0.15, -0.1) is 0 Å². The van der Waals surface area contributed by atoms with Gasteiger partial charge in [-0.3, -0.25) is 5.32 Å². The van der Waals surface area contributed by atoms with Crippen molar-refractivity contribution < 1.29 is 13.2 Å². The minimum atomic E-state index is -3.02. The SMILES string of the molecule is COCNCCc1ccc2c(c1)CCCS2(=O)=O. The summed E-state index contributed by atoms with van der Waals surface area (Å²) in [6, 6.07) is 5.70. The van der Waals surface area contributed by atoms with E-state index in [0.717, 1.165) is 31.4 Å². The number of ether oxygens (including phenoxy) is 1. The van der Waals surface area contributed by atoms with Crippen LogP contribution in [0.1, 0.15) is 17.5 Å². The number of nitrogens with one attached hydrogen (secondary N) is 1. The second-order valence-corrected chi connectivity index (χ2v) is 6.63. The molecule has 0 saturated carbocycles. The van der Waals surface area contributed by atoms with Crippen molar-refractivity contribution in [3.63, 3.8) is 0 Å². The van der Waals surface area contributed by atoms with Crippen LogP contribution in [0.15, 0.2) is 23.1 Å². The molecule has 2 rings (SSSR count). The van der Waals surface area contributed by atoms with Crippen molar-refractivity contribution in [3.8, 4) is 0 Å². The molecular weight excluding hydrogens is 250 g/mol. The fraction of sp³-hybridized carbons (Fsp3) is 0.538. The molecule has 0 atom stereocenters. The first-order valence-corrected chi connectivity index (χ1v) is 7.83. The van der Waals surface area contributed by atoms with E-state index in [1.165, 1.54) is 5.56 Å². The lowest BCUT2D eigenvalue weighted by atomic mass is 10.0. The lowest BCUT2D eigenvalue weighted by molar-refractivity contribution is 0.176.